The maximum absolute atomic E-state index is 12.9. The maximum atomic E-state index is 12.9. The van der Waals surface area contributed by atoms with Crippen LogP contribution in [0.1, 0.15) is 32.0 Å². The van der Waals surface area contributed by atoms with Gasteiger partial charge in [-0.25, -0.2) is 4.79 Å². The summed E-state index contributed by atoms with van der Waals surface area (Å²) in [5.74, 6) is 0. The number of pyridine rings is 1. The number of anilines is 1. The predicted molar refractivity (Wildman–Crippen MR) is 94.0 cm³/mol. The molecule has 7 heteroatoms. The molecular formula is C19H21F3N2O2. The fourth-order valence-corrected chi connectivity index (χ4v) is 2.32. The van der Waals surface area contributed by atoms with E-state index in [9.17, 15) is 18.0 Å². The fraction of sp³-hybridized carbons (Fsp3) is 0.368. The van der Waals surface area contributed by atoms with Crippen LogP contribution in [0.4, 0.5) is 23.7 Å². The average molecular weight is 366 g/mol. The van der Waals surface area contributed by atoms with Crippen molar-refractivity contribution >= 4 is 11.8 Å². The quantitative estimate of drug-likeness (QED) is 0.710. The van der Waals surface area contributed by atoms with Crippen LogP contribution in [0.5, 0.6) is 0 Å². The minimum Gasteiger partial charge on any atom is -0.443 e. The third-order valence-electron chi connectivity index (χ3n) is 3.50. The lowest BCUT2D eigenvalue weighted by Gasteiger charge is -2.25. The number of benzene rings is 1. The van der Waals surface area contributed by atoms with Crippen LogP contribution in [0.3, 0.4) is 0 Å². The minimum atomic E-state index is -4.52. The molecule has 0 aliphatic heterocycles. The standard InChI is InChI=1S/C19H21F3N2O2/c1-12-8-14(13-6-7-23-16(11-13)19(20,21)22)10-15(9-12)24(5)17(25)26-18(2,3)4/h6-11H,1-5H3. The molecule has 0 radical (unpaired) electrons. The second-order valence-corrected chi connectivity index (χ2v) is 7.02. The average Bonchev–Trinajstić information content (AvgIpc) is 2.51. The van der Waals surface area contributed by atoms with Crippen LogP contribution >= 0.6 is 0 Å². The summed E-state index contributed by atoms with van der Waals surface area (Å²) in [6, 6.07) is 7.65. The van der Waals surface area contributed by atoms with Gasteiger partial charge in [0.15, 0.2) is 0 Å². The first-order chi connectivity index (χ1) is 11.9. The summed E-state index contributed by atoms with van der Waals surface area (Å²) in [4.78, 5) is 17.0. The van der Waals surface area contributed by atoms with Gasteiger partial charge in [0.05, 0.1) is 0 Å². The molecule has 0 aliphatic carbocycles. The van der Waals surface area contributed by atoms with Crippen LogP contribution in [-0.2, 0) is 10.9 Å². The molecule has 0 atom stereocenters. The lowest BCUT2D eigenvalue weighted by Crippen LogP contribution is -2.34. The lowest BCUT2D eigenvalue weighted by atomic mass is 10.0. The molecule has 0 unspecified atom stereocenters. The molecule has 0 N–H and O–H groups in total. The number of nitrogens with zero attached hydrogens (tertiary/aromatic N) is 2. The number of alkyl halides is 3. The van der Waals surface area contributed by atoms with Crippen LogP contribution in [0.2, 0.25) is 0 Å². The third-order valence-corrected chi connectivity index (χ3v) is 3.50. The van der Waals surface area contributed by atoms with Crippen molar-refractivity contribution in [2.75, 3.05) is 11.9 Å². The van der Waals surface area contributed by atoms with Gasteiger partial charge in [0, 0.05) is 18.9 Å². The molecule has 140 valence electrons. The van der Waals surface area contributed by atoms with Crippen molar-refractivity contribution in [1.29, 1.82) is 0 Å². The zero-order chi connectivity index (χ0) is 19.7. The monoisotopic (exact) mass is 366 g/mol. The smallest absolute Gasteiger partial charge is 0.433 e. The van der Waals surface area contributed by atoms with E-state index < -0.39 is 23.6 Å². The highest BCUT2D eigenvalue weighted by Gasteiger charge is 2.32. The Kier molecular flexibility index (Phi) is 5.30. The van der Waals surface area contributed by atoms with Gasteiger partial charge in [-0.3, -0.25) is 9.88 Å². The first-order valence-corrected chi connectivity index (χ1v) is 7.99. The summed E-state index contributed by atoms with van der Waals surface area (Å²) >= 11 is 0. The molecule has 1 heterocycles. The van der Waals surface area contributed by atoms with E-state index in [-0.39, 0.29) is 0 Å². The zero-order valence-electron chi connectivity index (χ0n) is 15.3. The van der Waals surface area contributed by atoms with Gasteiger partial charge in [-0.2, -0.15) is 13.2 Å². The summed E-state index contributed by atoms with van der Waals surface area (Å²) in [6.45, 7) is 7.09. The van der Waals surface area contributed by atoms with Crippen LogP contribution in [-0.4, -0.2) is 23.7 Å². The molecule has 1 aromatic heterocycles. The van der Waals surface area contributed by atoms with Crippen LogP contribution in [0, 0.1) is 6.92 Å². The third kappa shape index (κ3) is 4.97. The largest absolute Gasteiger partial charge is 0.443 e. The summed E-state index contributed by atoms with van der Waals surface area (Å²) in [6.07, 6.45) is -3.94. The molecule has 1 amide bonds. The molecule has 0 spiro atoms. The summed E-state index contributed by atoms with van der Waals surface area (Å²) in [5, 5.41) is 0. The summed E-state index contributed by atoms with van der Waals surface area (Å²) < 4.78 is 44.0. The summed E-state index contributed by atoms with van der Waals surface area (Å²) in [7, 11) is 1.56. The number of amides is 1. The van der Waals surface area contributed by atoms with Gasteiger partial charge >= 0.3 is 12.3 Å². The molecule has 4 nitrogen and oxygen atoms in total. The maximum Gasteiger partial charge on any atom is 0.433 e. The number of carbonyl (C=O) groups excluding carboxylic acids is 1. The Labute approximate surface area is 150 Å². The Hall–Kier alpha value is -2.57. The summed E-state index contributed by atoms with van der Waals surface area (Å²) in [5.41, 5.74) is 0.652. The highest BCUT2D eigenvalue weighted by Crippen LogP contribution is 2.32. The highest BCUT2D eigenvalue weighted by molar-refractivity contribution is 5.88. The SMILES string of the molecule is Cc1cc(-c2ccnc(C(F)(F)F)c2)cc(N(C)C(=O)OC(C)(C)C)c1. The van der Waals surface area contributed by atoms with E-state index in [1.54, 1.807) is 46.0 Å². The zero-order valence-corrected chi connectivity index (χ0v) is 15.3. The van der Waals surface area contributed by atoms with E-state index >= 15 is 0 Å². The molecule has 0 aliphatic rings. The Morgan fingerprint density at radius 3 is 2.31 bits per heavy atom. The van der Waals surface area contributed by atoms with E-state index in [0.29, 0.717) is 16.8 Å². The Morgan fingerprint density at radius 2 is 1.73 bits per heavy atom. The van der Waals surface area contributed by atoms with Crippen molar-refractivity contribution in [3.63, 3.8) is 0 Å². The fourth-order valence-electron chi connectivity index (χ4n) is 2.32. The molecular weight excluding hydrogens is 345 g/mol. The Morgan fingerprint density at radius 1 is 1.08 bits per heavy atom. The molecule has 0 saturated heterocycles. The number of carbonyl (C=O) groups is 1. The van der Waals surface area contributed by atoms with Crippen molar-refractivity contribution in [3.8, 4) is 11.1 Å². The van der Waals surface area contributed by atoms with E-state index in [4.69, 9.17) is 4.74 Å². The minimum absolute atomic E-state index is 0.370. The van der Waals surface area contributed by atoms with Crippen molar-refractivity contribution in [2.45, 2.75) is 39.5 Å². The Bertz CT molecular complexity index is 811. The normalized spacial score (nSPS) is 12.0. The van der Waals surface area contributed by atoms with Crippen molar-refractivity contribution in [1.82, 2.24) is 4.98 Å². The first-order valence-electron chi connectivity index (χ1n) is 7.99. The lowest BCUT2D eigenvalue weighted by molar-refractivity contribution is -0.141. The van der Waals surface area contributed by atoms with Gasteiger partial charge < -0.3 is 4.74 Å². The van der Waals surface area contributed by atoms with Crippen LogP contribution in [0.15, 0.2) is 36.5 Å². The second-order valence-electron chi connectivity index (χ2n) is 7.02. The topological polar surface area (TPSA) is 42.4 Å². The second kappa shape index (κ2) is 6.97. The van der Waals surface area contributed by atoms with Crippen molar-refractivity contribution in [3.05, 3.63) is 47.8 Å². The first kappa shape index (κ1) is 19.8. The molecule has 1 aromatic carbocycles. The number of ether oxygens (including phenoxy) is 1. The van der Waals surface area contributed by atoms with Crippen LogP contribution < -0.4 is 4.90 Å². The number of aryl methyl sites for hydroxylation is 1. The molecule has 0 saturated carbocycles. The van der Waals surface area contributed by atoms with Gasteiger partial charge in [-0.15, -0.1) is 0 Å². The molecule has 26 heavy (non-hydrogen) atoms. The molecule has 0 bridgehead atoms. The van der Waals surface area contributed by atoms with Crippen molar-refractivity contribution in [2.24, 2.45) is 0 Å². The van der Waals surface area contributed by atoms with E-state index in [2.05, 4.69) is 4.98 Å². The van der Waals surface area contributed by atoms with Crippen LogP contribution in [0.25, 0.3) is 11.1 Å². The predicted octanol–water partition coefficient (Wildman–Crippen LogP) is 5.45. The van der Waals surface area contributed by atoms with Gasteiger partial charge in [0.25, 0.3) is 0 Å². The highest BCUT2D eigenvalue weighted by atomic mass is 19.4. The van der Waals surface area contributed by atoms with Gasteiger partial charge in [0.1, 0.15) is 11.3 Å². The number of rotatable bonds is 2. The number of hydrogen-bond donors (Lipinski definition) is 0. The molecule has 2 aromatic rings. The van der Waals surface area contributed by atoms with Gasteiger partial charge in [-0.1, -0.05) is 6.07 Å². The van der Waals surface area contributed by atoms with Crippen molar-refractivity contribution < 1.29 is 22.7 Å². The molecule has 0 fully saturated rings. The van der Waals surface area contributed by atoms with E-state index in [1.165, 1.54) is 11.0 Å². The van der Waals surface area contributed by atoms with Gasteiger partial charge in [-0.05, 0) is 68.7 Å². The van der Waals surface area contributed by atoms with E-state index in [0.717, 1.165) is 17.8 Å². The number of aromatic nitrogens is 1. The number of halogens is 3. The Balaban J connectivity index is 2.40. The van der Waals surface area contributed by atoms with Gasteiger partial charge in [0.2, 0.25) is 0 Å². The van der Waals surface area contributed by atoms with E-state index in [1.807, 2.05) is 6.92 Å². The number of hydrogen-bond acceptors (Lipinski definition) is 3. The molecule has 2 rings (SSSR count).